The second kappa shape index (κ2) is 6.45. The lowest BCUT2D eigenvalue weighted by Gasteiger charge is -2.18. The summed E-state index contributed by atoms with van der Waals surface area (Å²) in [5.41, 5.74) is -1.42. The highest BCUT2D eigenvalue weighted by atomic mass is 19.4. The Balaban J connectivity index is 2.46. The Morgan fingerprint density at radius 3 is 2.54 bits per heavy atom. The zero-order chi connectivity index (χ0) is 18.1. The molecule has 126 valence electrons. The average molecular weight is 337 g/mol. The van der Waals surface area contributed by atoms with Crippen molar-refractivity contribution in [1.29, 1.82) is 5.26 Å². The van der Waals surface area contributed by atoms with E-state index in [-0.39, 0.29) is 11.1 Å². The van der Waals surface area contributed by atoms with Gasteiger partial charge >= 0.3 is 6.18 Å². The number of nitriles is 1. The molecule has 0 bridgehead atoms. The highest BCUT2D eigenvalue weighted by molar-refractivity contribution is 5.36. The number of alkyl halides is 3. The molecule has 1 aromatic heterocycles. The van der Waals surface area contributed by atoms with E-state index < -0.39 is 29.9 Å². The predicted molar refractivity (Wildman–Crippen MR) is 79.1 cm³/mol. The molecule has 0 amide bonds. The summed E-state index contributed by atoms with van der Waals surface area (Å²) in [4.78, 5) is 12.2. The molecule has 0 aliphatic heterocycles. The first-order valence-electron chi connectivity index (χ1n) is 6.99. The maximum absolute atomic E-state index is 13.0. The van der Waals surface area contributed by atoms with Gasteiger partial charge in [-0.1, -0.05) is 18.2 Å². The van der Waals surface area contributed by atoms with Crippen molar-refractivity contribution in [2.75, 3.05) is 0 Å². The van der Waals surface area contributed by atoms with Crippen molar-refractivity contribution < 1.29 is 18.3 Å². The lowest BCUT2D eigenvalue weighted by atomic mass is 10.0. The molecule has 0 radical (unpaired) electrons. The molecule has 0 aliphatic rings. The van der Waals surface area contributed by atoms with E-state index in [1.165, 1.54) is 12.1 Å². The summed E-state index contributed by atoms with van der Waals surface area (Å²) in [5.74, 6) is 0. The first-order valence-corrected chi connectivity index (χ1v) is 6.99. The number of rotatable bonds is 3. The summed E-state index contributed by atoms with van der Waals surface area (Å²) in [5, 5.41) is 23.2. The van der Waals surface area contributed by atoms with Crippen molar-refractivity contribution in [3.8, 4) is 6.07 Å². The van der Waals surface area contributed by atoms with Crippen LogP contribution < -0.4 is 5.56 Å². The third-order valence-corrected chi connectivity index (χ3v) is 3.72. The normalized spacial score (nSPS) is 12.7. The van der Waals surface area contributed by atoms with Gasteiger partial charge in [0.05, 0.1) is 23.9 Å². The van der Waals surface area contributed by atoms with Crippen molar-refractivity contribution in [3.05, 3.63) is 62.6 Å². The third-order valence-electron chi connectivity index (χ3n) is 3.72. The SMILES string of the molecule is Cc1nn(CC(O)c2ccccc2C(F)(F)F)c(=O)c(C#N)c1C. The summed E-state index contributed by atoms with van der Waals surface area (Å²) in [6.07, 6.45) is -6.22. The Bertz CT molecular complexity index is 866. The van der Waals surface area contributed by atoms with Gasteiger partial charge in [-0.25, -0.2) is 4.68 Å². The molecular weight excluding hydrogens is 323 g/mol. The van der Waals surface area contributed by atoms with Gasteiger partial charge in [-0.15, -0.1) is 0 Å². The van der Waals surface area contributed by atoms with Gasteiger partial charge in [0.15, 0.2) is 0 Å². The van der Waals surface area contributed by atoms with Gasteiger partial charge in [0, 0.05) is 0 Å². The Hall–Kier alpha value is -2.66. The number of hydrogen-bond donors (Lipinski definition) is 1. The van der Waals surface area contributed by atoms with Gasteiger partial charge in [-0.05, 0) is 31.0 Å². The summed E-state index contributed by atoms with van der Waals surface area (Å²) in [6.45, 7) is 2.64. The molecule has 1 N–H and O–H groups in total. The topological polar surface area (TPSA) is 78.9 Å². The Labute approximate surface area is 135 Å². The average Bonchev–Trinajstić information content (AvgIpc) is 2.52. The maximum atomic E-state index is 13.0. The highest BCUT2D eigenvalue weighted by Gasteiger charge is 2.34. The number of aliphatic hydroxyl groups excluding tert-OH is 1. The minimum absolute atomic E-state index is 0.140. The van der Waals surface area contributed by atoms with Crippen LogP contribution in [0, 0.1) is 25.2 Å². The number of aryl methyl sites for hydroxylation is 1. The van der Waals surface area contributed by atoms with Crippen LogP contribution in [0.15, 0.2) is 29.1 Å². The molecule has 1 aromatic carbocycles. The smallest absolute Gasteiger partial charge is 0.386 e. The second-order valence-corrected chi connectivity index (χ2v) is 5.29. The molecule has 0 fully saturated rings. The molecule has 0 saturated heterocycles. The van der Waals surface area contributed by atoms with Crippen molar-refractivity contribution in [1.82, 2.24) is 9.78 Å². The molecule has 1 atom stereocenters. The molecule has 0 aliphatic carbocycles. The van der Waals surface area contributed by atoms with Gasteiger partial charge in [0.25, 0.3) is 5.56 Å². The lowest BCUT2D eigenvalue weighted by molar-refractivity contribution is -0.139. The summed E-state index contributed by atoms with van der Waals surface area (Å²) < 4.78 is 39.9. The van der Waals surface area contributed by atoms with Gasteiger partial charge in [0.1, 0.15) is 11.6 Å². The van der Waals surface area contributed by atoms with Crippen molar-refractivity contribution in [3.63, 3.8) is 0 Å². The van der Waals surface area contributed by atoms with Crippen LogP contribution in [0.5, 0.6) is 0 Å². The fourth-order valence-corrected chi connectivity index (χ4v) is 2.34. The number of hydrogen-bond acceptors (Lipinski definition) is 4. The number of halogens is 3. The van der Waals surface area contributed by atoms with Gasteiger partial charge in [-0.3, -0.25) is 4.79 Å². The van der Waals surface area contributed by atoms with Crippen LogP contribution in [0.4, 0.5) is 13.2 Å². The molecule has 1 heterocycles. The van der Waals surface area contributed by atoms with Crippen LogP contribution >= 0.6 is 0 Å². The van der Waals surface area contributed by atoms with Gasteiger partial charge < -0.3 is 5.11 Å². The van der Waals surface area contributed by atoms with Crippen LogP contribution in [0.1, 0.15) is 34.1 Å². The molecule has 8 heteroatoms. The van der Waals surface area contributed by atoms with E-state index in [0.29, 0.717) is 11.3 Å². The zero-order valence-electron chi connectivity index (χ0n) is 12.9. The molecular formula is C16H14F3N3O2. The van der Waals surface area contributed by atoms with Crippen LogP contribution in [0.25, 0.3) is 0 Å². The number of aromatic nitrogens is 2. The number of benzene rings is 1. The molecule has 0 spiro atoms. The number of nitrogens with zero attached hydrogens (tertiary/aromatic N) is 3. The highest BCUT2D eigenvalue weighted by Crippen LogP contribution is 2.34. The Morgan fingerprint density at radius 1 is 1.33 bits per heavy atom. The van der Waals surface area contributed by atoms with Crippen LogP contribution in [-0.2, 0) is 12.7 Å². The maximum Gasteiger partial charge on any atom is 0.416 e. The quantitative estimate of drug-likeness (QED) is 0.933. The van der Waals surface area contributed by atoms with E-state index in [9.17, 15) is 23.1 Å². The van der Waals surface area contributed by atoms with E-state index in [2.05, 4.69) is 5.10 Å². The first kappa shape index (κ1) is 17.7. The van der Waals surface area contributed by atoms with Gasteiger partial charge in [0.2, 0.25) is 0 Å². The fourth-order valence-electron chi connectivity index (χ4n) is 2.34. The van der Waals surface area contributed by atoms with E-state index in [1.54, 1.807) is 19.9 Å². The fraction of sp³-hybridized carbons (Fsp3) is 0.312. The molecule has 2 aromatic rings. The second-order valence-electron chi connectivity index (χ2n) is 5.29. The summed E-state index contributed by atoms with van der Waals surface area (Å²) >= 11 is 0. The van der Waals surface area contributed by atoms with Gasteiger partial charge in [-0.2, -0.15) is 23.5 Å². The van der Waals surface area contributed by atoms with Crippen LogP contribution in [0.3, 0.4) is 0 Å². The predicted octanol–water partition coefficient (Wildman–Crippen LogP) is 2.48. The molecule has 24 heavy (non-hydrogen) atoms. The van der Waals surface area contributed by atoms with E-state index in [0.717, 1.165) is 16.8 Å². The summed E-state index contributed by atoms with van der Waals surface area (Å²) in [7, 11) is 0. The van der Waals surface area contributed by atoms with Crippen LogP contribution in [0.2, 0.25) is 0 Å². The van der Waals surface area contributed by atoms with E-state index >= 15 is 0 Å². The Morgan fingerprint density at radius 2 is 1.96 bits per heavy atom. The Kier molecular flexibility index (Phi) is 4.76. The van der Waals surface area contributed by atoms with E-state index in [4.69, 9.17) is 5.26 Å². The van der Waals surface area contributed by atoms with Crippen molar-refractivity contribution in [2.45, 2.75) is 32.7 Å². The largest absolute Gasteiger partial charge is 0.416 e. The number of aliphatic hydroxyl groups is 1. The summed E-state index contributed by atoms with van der Waals surface area (Å²) in [6, 6.07) is 6.34. The minimum atomic E-state index is -4.63. The van der Waals surface area contributed by atoms with E-state index in [1.807, 2.05) is 0 Å². The molecule has 0 saturated carbocycles. The van der Waals surface area contributed by atoms with Crippen molar-refractivity contribution >= 4 is 0 Å². The first-order chi connectivity index (χ1) is 11.2. The third kappa shape index (κ3) is 3.31. The zero-order valence-corrected chi connectivity index (χ0v) is 12.9. The molecule has 1 unspecified atom stereocenters. The molecule has 2 rings (SSSR count). The standard InChI is InChI=1S/C16H14F3N3O2/c1-9-10(2)21-22(15(24)12(9)7-20)8-14(23)11-5-3-4-6-13(11)16(17,18)19/h3-6,14,23H,8H2,1-2H3. The monoisotopic (exact) mass is 337 g/mol. The molecule has 5 nitrogen and oxygen atoms in total. The van der Waals surface area contributed by atoms with Crippen molar-refractivity contribution in [2.24, 2.45) is 0 Å². The lowest BCUT2D eigenvalue weighted by Crippen LogP contribution is -2.30. The minimum Gasteiger partial charge on any atom is -0.386 e. The van der Waals surface area contributed by atoms with Crippen LogP contribution in [-0.4, -0.2) is 14.9 Å².